The number of hydrogen-bond acceptors (Lipinski definition) is 6. The van der Waals surface area contributed by atoms with E-state index >= 15 is 0 Å². The topological polar surface area (TPSA) is 78.6 Å². The molecule has 0 saturated heterocycles. The normalized spacial score (nSPS) is 11.7. The van der Waals surface area contributed by atoms with Gasteiger partial charge in [-0.1, -0.05) is 0 Å². The van der Waals surface area contributed by atoms with Crippen molar-refractivity contribution < 1.29 is 17.9 Å². The van der Waals surface area contributed by atoms with Crippen molar-refractivity contribution in [2.45, 2.75) is 6.18 Å². The van der Waals surface area contributed by atoms with Crippen LogP contribution in [-0.2, 0) is 6.18 Å². The van der Waals surface area contributed by atoms with E-state index in [0.29, 0.717) is 28.7 Å². The number of ether oxygens (including phenoxy) is 1. The molecule has 4 rings (SSSR count). The summed E-state index contributed by atoms with van der Waals surface area (Å²) in [6.07, 6.45) is -0.0325. The van der Waals surface area contributed by atoms with E-state index in [2.05, 4.69) is 25.1 Å². The van der Waals surface area contributed by atoms with E-state index in [9.17, 15) is 13.2 Å². The Hall–Kier alpha value is -3.56. The van der Waals surface area contributed by atoms with Gasteiger partial charge in [0.15, 0.2) is 11.6 Å². The number of aromatic nitrogens is 6. The number of fused-ring (bicyclic) bond motifs is 1. The molecular formula is C17H11F3N6O. The third-order valence-electron chi connectivity index (χ3n) is 3.84. The highest BCUT2D eigenvalue weighted by molar-refractivity contribution is 5.82. The van der Waals surface area contributed by atoms with Crippen molar-refractivity contribution >= 4 is 11.0 Å². The number of halogens is 3. The summed E-state index contributed by atoms with van der Waals surface area (Å²) in [6, 6.07) is 6.56. The number of nitrogens with zero attached hydrogens (tertiary/aromatic N) is 6. The minimum atomic E-state index is -4.47. The molecule has 0 saturated carbocycles. The first-order valence-electron chi connectivity index (χ1n) is 7.71. The molecule has 10 heteroatoms. The minimum Gasteiger partial charge on any atom is -0.480 e. The van der Waals surface area contributed by atoms with Gasteiger partial charge in [0.1, 0.15) is 5.69 Å². The second-order valence-corrected chi connectivity index (χ2v) is 5.50. The maximum Gasteiger partial charge on any atom is 0.416 e. The first-order chi connectivity index (χ1) is 13.0. The molecule has 0 aliphatic heterocycles. The van der Waals surface area contributed by atoms with Crippen LogP contribution in [0.15, 0.2) is 48.9 Å². The molecule has 0 spiro atoms. The zero-order chi connectivity index (χ0) is 19.0. The van der Waals surface area contributed by atoms with Crippen LogP contribution in [0, 0.1) is 0 Å². The highest BCUT2D eigenvalue weighted by Gasteiger charge is 2.31. The fourth-order valence-electron chi connectivity index (χ4n) is 2.62. The first-order valence-corrected chi connectivity index (χ1v) is 7.71. The van der Waals surface area contributed by atoms with Gasteiger partial charge in [-0.3, -0.25) is 9.55 Å². The highest BCUT2D eigenvalue weighted by Crippen LogP contribution is 2.33. The fourth-order valence-corrected chi connectivity index (χ4v) is 2.62. The zero-order valence-corrected chi connectivity index (χ0v) is 13.8. The van der Waals surface area contributed by atoms with Gasteiger partial charge >= 0.3 is 6.18 Å². The third kappa shape index (κ3) is 3.05. The van der Waals surface area contributed by atoms with Gasteiger partial charge in [-0.25, -0.2) is 9.97 Å². The first kappa shape index (κ1) is 16.9. The van der Waals surface area contributed by atoms with Crippen molar-refractivity contribution in [2.24, 2.45) is 0 Å². The predicted octanol–water partition coefficient (Wildman–Crippen LogP) is 3.30. The summed E-state index contributed by atoms with van der Waals surface area (Å²) in [7, 11) is 1.46. The monoisotopic (exact) mass is 372 g/mol. The number of hydrogen-bond donors (Lipinski definition) is 0. The average Bonchev–Trinajstić information content (AvgIpc) is 3.07. The van der Waals surface area contributed by atoms with Crippen molar-refractivity contribution in [1.29, 1.82) is 0 Å². The molecule has 0 bridgehead atoms. The van der Waals surface area contributed by atoms with Gasteiger partial charge in [0, 0.05) is 18.5 Å². The lowest BCUT2D eigenvalue weighted by molar-refractivity contribution is -0.137. The largest absolute Gasteiger partial charge is 0.480 e. The average molecular weight is 372 g/mol. The number of imidazole rings is 1. The van der Waals surface area contributed by atoms with Crippen LogP contribution >= 0.6 is 0 Å². The molecule has 3 heterocycles. The summed E-state index contributed by atoms with van der Waals surface area (Å²) in [5.74, 6) is 0.971. The summed E-state index contributed by atoms with van der Waals surface area (Å²) >= 11 is 0. The maximum absolute atomic E-state index is 13.1. The van der Waals surface area contributed by atoms with E-state index in [-0.39, 0.29) is 5.52 Å². The van der Waals surface area contributed by atoms with Crippen molar-refractivity contribution in [2.75, 3.05) is 7.11 Å². The fraction of sp³-hybridized carbons (Fsp3) is 0.118. The Labute approximate surface area is 150 Å². The quantitative estimate of drug-likeness (QED) is 0.549. The van der Waals surface area contributed by atoms with Crippen LogP contribution in [0.4, 0.5) is 13.2 Å². The summed E-state index contributed by atoms with van der Waals surface area (Å²) in [5.41, 5.74) is 0.192. The summed E-state index contributed by atoms with van der Waals surface area (Å²) in [6.45, 7) is 0. The van der Waals surface area contributed by atoms with Gasteiger partial charge in [0.25, 0.3) is 0 Å². The molecule has 4 aromatic rings. The van der Waals surface area contributed by atoms with Gasteiger partial charge < -0.3 is 4.74 Å². The van der Waals surface area contributed by atoms with Gasteiger partial charge in [-0.2, -0.15) is 13.2 Å². The molecule has 0 atom stereocenters. The minimum absolute atomic E-state index is 0.156. The Morgan fingerprint density at radius 2 is 1.89 bits per heavy atom. The van der Waals surface area contributed by atoms with Gasteiger partial charge in [-0.15, -0.1) is 10.2 Å². The van der Waals surface area contributed by atoms with Gasteiger partial charge in [-0.05, 0) is 24.3 Å². The number of benzene rings is 1. The molecule has 7 nitrogen and oxygen atoms in total. The molecule has 0 radical (unpaired) electrons. The maximum atomic E-state index is 13.1. The predicted molar refractivity (Wildman–Crippen MR) is 89.2 cm³/mol. The number of alkyl halides is 3. The number of rotatable bonds is 3. The van der Waals surface area contributed by atoms with E-state index in [0.717, 1.165) is 12.1 Å². The van der Waals surface area contributed by atoms with Crippen molar-refractivity contribution in [3.05, 3.63) is 54.5 Å². The Morgan fingerprint density at radius 1 is 1.04 bits per heavy atom. The van der Waals surface area contributed by atoms with E-state index < -0.39 is 11.7 Å². The lowest BCUT2D eigenvalue weighted by Gasteiger charge is -2.08. The Kier molecular flexibility index (Phi) is 3.94. The van der Waals surface area contributed by atoms with Crippen LogP contribution in [0.2, 0.25) is 0 Å². The van der Waals surface area contributed by atoms with Crippen molar-refractivity contribution in [1.82, 2.24) is 29.7 Å². The van der Waals surface area contributed by atoms with E-state index in [1.54, 1.807) is 16.7 Å². The lowest BCUT2D eigenvalue weighted by atomic mass is 10.2. The molecule has 0 aliphatic carbocycles. The van der Waals surface area contributed by atoms with Crippen LogP contribution in [0.5, 0.6) is 5.88 Å². The molecule has 0 N–H and O–H groups in total. The molecule has 0 fully saturated rings. The molecule has 0 amide bonds. The Bertz CT molecular complexity index is 1090. The highest BCUT2D eigenvalue weighted by atomic mass is 19.4. The third-order valence-corrected chi connectivity index (χ3v) is 3.84. The molecule has 0 unspecified atom stereocenters. The molecule has 3 aromatic heterocycles. The van der Waals surface area contributed by atoms with E-state index in [1.165, 1.54) is 31.8 Å². The Morgan fingerprint density at radius 3 is 2.52 bits per heavy atom. The van der Waals surface area contributed by atoms with E-state index in [1.807, 2.05) is 0 Å². The van der Waals surface area contributed by atoms with Crippen LogP contribution in [0.25, 0.3) is 28.4 Å². The summed E-state index contributed by atoms with van der Waals surface area (Å²) < 4.78 is 45.7. The van der Waals surface area contributed by atoms with Crippen molar-refractivity contribution in [3.8, 4) is 23.2 Å². The standard InChI is InChI=1S/C17H11F3N6O/c1-27-15-5-4-14(24-25-15)26-13-3-2-10(17(18,19)20)8-11(13)23-16(26)12-9-21-6-7-22-12/h2-9H,1H3. The molecule has 1 aromatic carbocycles. The number of methoxy groups -OCH3 is 1. The molecule has 136 valence electrons. The summed E-state index contributed by atoms with van der Waals surface area (Å²) in [5, 5.41) is 7.99. The molecular weight excluding hydrogens is 361 g/mol. The van der Waals surface area contributed by atoms with Crippen LogP contribution < -0.4 is 4.74 Å². The smallest absolute Gasteiger partial charge is 0.416 e. The zero-order valence-electron chi connectivity index (χ0n) is 13.8. The van der Waals surface area contributed by atoms with Crippen LogP contribution in [0.1, 0.15) is 5.56 Å². The lowest BCUT2D eigenvalue weighted by Crippen LogP contribution is -2.05. The molecule has 0 aliphatic rings. The van der Waals surface area contributed by atoms with Gasteiger partial charge in [0.2, 0.25) is 5.88 Å². The second-order valence-electron chi connectivity index (χ2n) is 5.50. The van der Waals surface area contributed by atoms with Gasteiger partial charge in [0.05, 0.1) is 29.9 Å². The Balaban J connectivity index is 1.98. The second kappa shape index (κ2) is 6.31. The SMILES string of the molecule is COc1ccc(-n2c(-c3cnccn3)nc3cc(C(F)(F)F)ccc32)nn1. The molecule has 27 heavy (non-hydrogen) atoms. The van der Waals surface area contributed by atoms with E-state index in [4.69, 9.17) is 4.74 Å². The van der Waals surface area contributed by atoms with Crippen LogP contribution in [0.3, 0.4) is 0 Å². The van der Waals surface area contributed by atoms with Crippen molar-refractivity contribution in [3.63, 3.8) is 0 Å². The summed E-state index contributed by atoms with van der Waals surface area (Å²) in [4.78, 5) is 12.5. The van der Waals surface area contributed by atoms with Crippen LogP contribution in [-0.4, -0.2) is 36.8 Å².